The van der Waals surface area contributed by atoms with Gasteiger partial charge in [-0.1, -0.05) is 12.1 Å². The van der Waals surface area contributed by atoms with Crippen molar-refractivity contribution in [3.8, 4) is 5.75 Å². The zero-order valence-corrected chi connectivity index (χ0v) is 9.34. The van der Waals surface area contributed by atoms with E-state index in [2.05, 4.69) is 0 Å². The Hall–Kier alpha value is -1.55. The van der Waals surface area contributed by atoms with Gasteiger partial charge in [0.25, 0.3) is 0 Å². The number of carbonyl (C=O) groups is 1. The molecule has 1 N–H and O–H groups in total. The Labute approximate surface area is 96.3 Å². The predicted octanol–water partition coefficient (Wildman–Crippen LogP) is 2.92. The van der Waals surface area contributed by atoms with E-state index in [-0.39, 0.29) is 0 Å². The van der Waals surface area contributed by atoms with Crippen molar-refractivity contribution in [1.29, 1.82) is 0 Å². The highest BCUT2D eigenvalue weighted by atomic mass is 32.1. The number of carboxylic acids is 1. The van der Waals surface area contributed by atoms with E-state index >= 15 is 0 Å². The second-order valence-corrected chi connectivity index (χ2v) is 4.89. The third-order valence-corrected chi connectivity index (χ3v) is 3.91. The molecule has 1 aliphatic heterocycles. The lowest BCUT2D eigenvalue weighted by Gasteiger charge is -2.17. The molecule has 2 aromatic rings. The Balaban J connectivity index is 2.26. The van der Waals surface area contributed by atoms with E-state index in [1.165, 1.54) is 16.9 Å². The Morgan fingerprint density at radius 3 is 3.12 bits per heavy atom. The summed E-state index contributed by atoms with van der Waals surface area (Å²) in [6.45, 7) is 0.729. The van der Waals surface area contributed by atoms with Crippen LogP contribution < -0.4 is 4.74 Å². The first-order valence-corrected chi connectivity index (χ1v) is 5.99. The number of ether oxygens (including phenoxy) is 1. The molecule has 2 heterocycles. The number of carboxylic acid groups (broad SMARTS) is 1. The van der Waals surface area contributed by atoms with Crippen LogP contribution in [-0.4, -0.2) is 17.7 Å². The summed E-state index contributed by atoms with van der Waals surface area (Å²) in [6.07, 6.45) is 2.06. The quantitative estimate of drug-likeness (QED) is 0.825. The van der Waals surface area contributed by atoms with Crippen LogP contribution in [0.1, 0.15) is 21.7 Å². The molecular weight excluding hydrogens is 224 g/mol. The molecule has 0 amide bonds. The van der Waals surface area contributed by atoms with E-state index in [4.69, 9.17) is 9.84 Å². The standard InChI is InChI=1S/C12H10O3S/c13-12(14)9-6-8-4-3-7-2-1-5-15-10(7)11(8)16-9/h3-4,6H,1-2,5H2,(H,13,14). The van der Waals surface area contributed by atoms with Crippen LogP contribution in [-0.2, 0) is 6.42 Å². The number of hydrogen-bond acceptors (Lipinski definition) is 3. The summed E-state index contributed by atoms with van der Waals surface area (Å²) in [5, 5.41) is 9.92. The molecule has 1 aromatic carbocycles. The molecule has 0 atom stereocenters. The Bertz CT molecular complexity index is 571. The Kier molecular flexibility index (Phi) is 2.11. The number of aryl methyl sites for hydroxylation is 1. The fraction of sp³-hybridized carbons (Fsp3) is 0.250. The van der Waals surface area contributed by atoms with Crippen molar-refractivity contribution in [2.75, 3.05) is 6.61 Å². The molecule has 1 aromatic heterocycles. The number of rotatable bonds is 1. The lowest BCUT2D eigenvalue weighted by molar-refractivity contribution is 0.0702. The first kappa shape index (κ1) is 9.66. The van der Waals surface area contributed by atoms with E-state index < -0.39 is 5.97 Å². The molecule has 82 valence electrons. The fourth-order valence-electron chi connectivity index (χ4n) is 2.02. The molecule has 1 aliphatic rings. The first-order chi connectivity index (χ1) is 7.75. The maximum Gasteiger partial charge on any atom is 0.345 e. The van der Waals surface area contributed by atoms with Crippen LogP contribution in [0.3, 0.4) is 0 Å². The minimum absolute atomic E-state index is 0.373. The van der Waals surface area contributed by atoms with Crippen molar-refractivity contribution in [3.05, 3.63) is 28.6 Å². The molecular formula is C12H10O3S. The van der Waals surface area contributed by atoms with Gasteiger partial charge in [0, 0.05) is 0 Å². The molecule has 3 nitrogen and oxygen atoms in total. The molecule has 0 spiro atoms. The summed E-state index contributed by atoms with van der Waals surface area (Å²) in [6, 6.07) is 5.72. The van der Waals surface area contributed by atoms with Gasteiger partial charge in [-0.2, -0.15) is 0 Å². The van der Waals surface area contributed by atoms with E-state index in [1.54, 1.807) is 6.07 Å². The third kappa shape index (κ3) is 1.38. The molecule has 0 unspecified atom stereocenters. The van der Waals surface area contributed by atoms with Crippen LogP contribution in [0.15, 0.2) is 18.2 Å². The Morgan fingerprint density at radius 2 is 2.31 bits per heavy atom. The van der Waals surface area contributed by atoms with Gasteiger partial charge < -0.3 is 9.84 Å². The van der Waals surface area contributed by atoms with Gasteiger partial charge >= 0.3 is 5.97 Å². The van der Waals surface area contributed by atoms with Gasteiger partial charge in [0.1, 0.15) is 10.6 Å². The van der Waals surface area contributed by atoms with Crippen molar-refractivity contribution < 1.29 is 14.6 Å². The minimum atomic E-state index is -0.870. The molecule has 0 fully saturated rings. The average Bonchev–Trinajstić information content (AvgIpc) is 2.73. The van der Waals surface area contributed by atoms with Crippen molar-refractivity contribution in [2.45, 2.75) is 12.8 Å². The van der Waals surface area contributed by atoms with Gasteiger partial charge in [-0.05, 0) is 29.9 Å². The largest absolute Gasteiger partial charge is 0.492 e. The number of thiophene rings is 1. The zero-order chi connectivity index (χ0) is 11.1. The monoisotopic (exact) mass is 234 g/mol. The lowest BCUT2D eigenvalue weighted by Crippen LogP contribution is -2.07. The van der Waals surface area contributed by atoms with Crippen LogP contribution in [0.25, 0.3) is 10.1 Å². The predicted molar refractivity (Wildman–Crippen MR) is 62.6 cm³/mol. The second-order valence-electron chi connectivity index (χ2n) is 3.84. The molecule has 0 radical (unpaired) electrons. The Morgan fingerprint density at radius 1 is 1.44 bits per heavy atom. The topological polar surface area (TPSA) is 46.5 Å². The highest BCUT2D eigenvalue weighted by molar-refractivity contribution is 7.21. The fourth-order valence-corrected chi connectivity index (χ4v) is 3.04. The highest BCUT2D eigenvalue weighted by Gasteiger charge is 2.17. The van der Waals surface area contributed by atoms with Crippen LogP contribution in [0.4, 0.5) is 0 Å². The SMILES string of the molecule is O=C(O)c1cc2ccc3c(c2s1)OCCC3. The summed E-state index contributed by atoms with van der Waals surface area (Å²) >= 11 is 1.30. The van der Waals surface area contributed by atoms with Crippen LogP contribution in [0.5, 0.6) is 5.75 Å². The van der Waals surface area contributed by atoms with Gasteiger partial charge in [0.15, 0.2) is 0 Å². The van der Waals surface area contributed by atoms with Gasteiger partial charge in [-0.15, -0.1) is 11.3 Å². The molecule has 4 heteroatoms. The molecule has 0 bridgehead atoms. The smallest absolute Gasteiger partial charge is 0.345 e. The van der Waals surface area contributed by atoms with Crippen molar-refractivity contribution in [2.24, 2.45) is 0 Å². The van der Waals surface area contributed by atoms with Gasteiger partial charge in [-0.25, -0.2) is 4.79 Å². The van der Waals surface area contributed by atoms with Gasteiger partial charge in [0.2, 0.25) is 0 Å². The van der Waals surface area contributed by atoms with Crippen LogP contribution in [0.2, 0.25) is 0 Å². The van der Waals surface area contributed by atoms with Gasteiger partial charge in [-0.3, -0.25) is 0 Å². The van der Waals surface area contributed by atoms with Crippen LogP contribution in [0, 0.1) is 0 Å². The molecule has 16 heavy (non-hydrogen) atoms. The summed E-state index contributed by atoms with van der Waals surface area (Å²) in [4.78, 5) is 11.3. The third-order valence-electron chi connectivity index (χ3n) is 2.77. The summed E-state index contributed by atoms with van der Waals surface area (Å²) in [5.74, 6) is 0.0204. The second kappa shape index (κ2) is 3.49. The van der Waals surface area contributed by atoms with Gasteiger partial charge in [0.05, 0.1) is 11.3 Å². The van der Waals surface area contributed by atoms with Crippen LogP contribution >= 0.6 is 11.3 Å². The zero-order valence-electron chi connectivity index (χ0n) is 8.53. The number of aromatic carboxylic acids is 1. The number of benzene rings is 1. The van der Waals surface area contributed by atoms with E-state index in [1.807, 2.05) is 12.1 Å². The van der Waals surface area contributed by atoms with E-state index in [0.717, 1.165) is 35.3 Å². The summed E-state index contributed by atoms with van der Waals surface area (Å²) in [7, 11) is 0. The first-order valence-electron chi connectivity index (χ1n) is 5.17. The number of hydrogen-bond donors (Lipinski definition) is 1. The van der Waals surface area contributed by atoms with Crippen molar-refractivity contribution in [3.63, 3.8) is 0 Å². The van der Waals surface area contributed by atoms with Crippen molar-refractivity contribution >= 4 is 27.4 Å². The lowest BCUT2D eigenvalue weighted by atomic mass is 10.1. The summed E-state index contributed by atoms with van der Waals surface area (Å²) in [5.41, 5.74) is 1.19. The molecule has 0 aliphatic carbocycles. The maximum absolute atomic E-state index is 10.9. The van der Waals surface area contributed by atoms with Crippen molar-refractivity contribution in [1.82, 2.24) is 0 Å². The normalized spacial score (nSPS) is 14.5. The van der Waals surface area contributed by atoms with E-state index in [9.17, 15) is 4.79 Å². The maximum atomic E-state index is 10.9. The number of fused-ring (bicyclic) bond motifs is 3. The average molecular weight is 234 g/mol. The molecule has 0 saturated heterocycles. The highest BCUT2D eigenvalue weighted by Crippen LogP contribution is 2.38. The van der Waals surface area contributed by atoms with E-state index in [0.29, 0.717) is 4.88 Å². The molecule has 3 rings (SSSR count). The summed E-state index contributed by atoms with van der Waals surface area (Å²) < 4.78 is 6.61. The minimum Gasteiger partial charge on any atom is -0.492 e. The molecule has 0 saturated carbocycles.